The Morgan fingerprint density at radius 3 is 3.00 bits per heavy atom. The van der Waals surface area contributed by atoms with Gasteiger partial charge in [-0.2, -0.15) is 0 Å². The lowest BCUT2D eigenvalue weighted by Gasteiger charge is -2.24. The zero-order valence-corrected chi connectivity index (χ0v) is 11.0. The van der Waals surface area contributed by atoms with Crippen molar-refractivity contribution in [3.63, 3.8) is 0 Å². The average Bonchev–Trinajstić information content (AvgIpc) is 2.38. The highest BCUT2D eigenvalue weighted by Gasteiger charge is 2.22. The summed E-state index contributed by atoms with van der Waals surface area (Å²) in [6.45, 7) is 3.13. The zero-order chi connectivity index (χ0) is 12.7. The lowest BCUT2D eigenvalue weighted by atomic mass is 9.97. The molecule has 0 amide bonds. The Labute approximate surface area is 107 Å². The maximum Gasteiger partial charge on any atom is 0.107 e. The van der Waals surface area contributed by atoms with E-state index >= 15 is 0 Å². The van der Waals surface area contributed by atoms with Crippen molar-refractivity contribution >= 4 is 11.8 Å². The Morgan fingerprint density at radius 1 is 1.76 bits per heavy atom. The van der Waals surface area contributed by atoms with Gasteiger partial charge in [-0.1, -0.05) is 24.3 Å². The summed E-state index contributed by atoms with van der Waals surface area (Å²) in [4.78, 5) is 0. The van der Waals surface area contributed by atoms with Crippen LogP contribution in [-0.2, 0) is 4.74 Å². The molecule has 0 aromatic heterocycles. The molecule has 1 rings (SSSR count). The number of hydrogen-bond donors (Lipinski definition) is 1. The Morgan fingerprint density at radius 2 is 2.53 bits per heavy atom. The number of ether oxygens (including phenoxy) is 1. The van der Waals surface area contributed by atoms with Crippen molar-refractivity contribution in [3.05, 3.63) is 36.5 Å². The van der Waals surface area contributed by atoms with Crippen molar-refractivity contribution in [2.75, 3.05) is 19.5 Å². The molecule has 0 heterocycles. The fraction of sp³-hybridized carbons (Fsp3) is 0.538. The Hall–Kier alpha value is -0.580. The van der Waals surface area contributed by atoms with Gasteiger partial charge >= 0.3 is 0 Å². The van der Waals surface area contributed by atoms with Crippen molar-refractivity contribution in [3.8, 4) is 0 Å². The first-order chi connectivity index (χ1) is 8.22. The second-order valence-corrected chi connectivity index (χ2v) is 5.21. The van der Waals surface area contributed by atoms with Crippen LogP contribution < -0.4 is 5.73 Å². The number of alkyl halides is 1. The Balaban J connectivity index is 2.55. The number of rotatable bonds is 7. The van der Waals surface area contributed by atoms with Crippen molar-refractivity contribution < 1.29 is 9.13 Å². The van der Waals surface area contributed by atoms with E-state index < -0.39 is 12.7 Å². The Bertz CT molecular complexity index is 304. The molecule has 17 heavy (non-hydrogen) atoms. The molecule has 0 radical (unpaired) electrons. The van der Waals surface area contributed by atoms with E-state index in [0.29, 0.717) is 5.25 Å². The topological polar surface area (TPSA) is 35.2 Å². The van der Waals surface area contributed by atoms with Crippen molar-refractivity contribution in [2.45, 2.75) is 23.8 Å². The lowest BCUT2D eigenvalue weighted by molar-refractivity contribution is 0.102. The molecule has 0 bridgehead atoms. The molecule has 0 saturated carbocycles. The van der Waals surface area contributed by atoms with Crippen LogP contribution in [0.2, 0.25) is 0 Å². The van der Waals surface area contributed by atoms with E-state index in [1.807, 2.05) is 23.9 Å². The minimum Gasteiger partial charge on any atom is -0.375 e. The van der Waals surface area contributed by atoms with Gasteiger partial charge in [0.15, 0.2) is 0 Å². The van der Waals surface area contributed by atoms with E-state index in [4.69, 9.17) is 10.5 Å². The van der Waals surface area contributed by atoms with Gasteiger partial charge in [0, 0.05) is 18.1 Å². The predicted octanol–water partition coefficient (Wildman–Crippen LogP) is 2.47. The number of thioether (sulfide) groups is 1. The van der Waals surface area contributed by atoms with Gasteiger partial charge in [0.05, 0.1) is 12.1 Å². The summed E-state index contributed by atoms with van der Waals surface area (Å²) in [6.07, 6.45) is 8.69. The van der Waals surface area contributed by atoms with Crippen LogP contribution in [0.15, 0.2) is 36.5 Å². The van der Waals surface area contributed by atoms with Crippen LogP contribution in [0.25, 0.3) is 0 Å². The summed E-state index contributed by atoms with van der Waals surface area (Å²) in [7, 11) is 1.56. The highest BCUT2D eigenvalue weighted by molar-refractivity contribution is 8.00. The normalized spacial score (nSPS) is 23.0. The van der Waals surface area contributed by atoms with Gasteiger partial charge in [-0.3, -0.25) is 0 Å². The Kier molecular flexibility index (Phi) is 6.55. The first-order valence-corrected chi connectivity index (χ1v) is 6.72. The highest BCUT2D eigenvalue weighted by Crippen LogP contribution is 2.25. The third-order valence-corrected chi connectivity index (χ3v) is 3.87. The third kappa shape index (κ3) is 4.30. The predicted molar refractivity (Wildman–Crippen MR) is 73.0 cm³/mol. The molecule has 0 saturated heterocycles. The molecule has 1 aliphatic carbocycles. The minimum absolute atomic E-state index is 0.346. The van der Waals surface area contributed by atoms with Crippen LogP contribution in [0, 0.1) is 0 Å². The van der Waals surface area contributed by atoms with E-state index in [9.17, 15) is 4.39 Å². The molecule has 3 atom stereocenters. The maximum atomic E-state index is 12.6. The number of hydrogen-bond acceptors (Lipinski definition) is 3. The molecule has 2 N–H and O–H groups in total. The third-order valence-electron chi connectivity index (χ3n) is 2.67. The van der Waals surface area contributed by atoms with Crippen LogP contribution in [-0.4, -0.2) is 36.9 Å². The van der Waals surface area contributed by atoms with E-state index in [0.717, 1.165) is 17.7 Å². The lowest BCUT2D eigenvalue weighted by Crippen LogP contribution is -2.39. The number of methoxy groups -OCH3 is 1. The summed E-state index contributed by atoms with van der Waals surface area (Å²) in [5.41, 5.74) is 6.66. The number of halogens is 1. The molecule has 0 aliphatic heterocycles. The first kappa shape index (κ1) is 14.5. The number of allylic oxidation sites excluding steroid dienone is 1. The van der Waals surface area contributed by atoms with Crippen molar-refractivity contribution in [1.82, 2.24) is 0 Å². The van der Waals surface area contributed by atoms with Gasteiger partial charge in [0.2, 0.25) is 0 Å². The van der Waals surface area contributed by atoms with Gasteiger partial charge in [-0.05, 0) is 12.0 Å². The van der Waals surface area contributed by atoms with Crippen molar-refractivity contribution in [2.24, 2.45) is 5.73 Å². The molecule has 0 fully saturated rings. The zero-order valence-electron chi connectivity index (χ0n) is 10.1. The van der Waals surface area contributed by atoms with E-state index in [1.54, 1.807) is 7.11 Å². The summed E-state index contributed by atoms with van der Waals surface area (Å²) in [5, 5.41) is 0.468. The van der Waals surface area contributed by atoms with E-state index in [2.05, 4.69) is 18.7 Å². The standard InChI is InChI=1S/C13H20FNOS/c1-3-8-17-11-6-4-10(5-7-11)13(16-2)12(15)9-14/h3-6,11-13H,1,7-9,15H2,2H3. The van der Waals surface area contributed by atoms with Gasteiger partial charge in [-0.15, -0.1) is 18.3 Å². The van der Waals surface area contributed by atoms with Gasteiger partial charge in [0.1, 0.15) is 6.67 Å². The SMILES string of the molecule is C=CCSC1C=CC(C(OC)C(N)CF)=CC1. The summed E-state index contributed by atoms with van der Waals surface area (Å²) >= 11 is 1.84. The summed E-state index contributed by atoms with van der Waals surface area (Å²) in [5.74, 6) is 0.940. The molecule has 3 unspecified atom stereocenters. The molecule has 1 aliphatic rings. The van der Waals surface area contributed by atoms with Crippen LogP contribution in [0.5, 0.6) is 0 Å². The maximum absolute atomic E-state index is 12.6. The van der Waals surface area contributed by atoms with Crippen LogP contribution >= 0.6 is 11.8 Å². The second-order valence-electron chi connectivity index (χ2n) is 3.93. The fourth-order valence-electron chi connectivity index (χ4n) is 1.78. The largest absolute Gasteiger partial charge is 0.375 e. The van der Waals surface area contributed by atoms with Gasteiger partial charge in [-0.25, -0.2) is 4.39 Å². The molecule has 96 valence electrons. The van der Waals surface area contributed by atoms with Crippen LogP contribution in [0.3, 0.4) is 0 Å². The summed E-state index contributed by atoms with van der Waals surface area (Å²) < 4.78 is 17.8. The minimum atomic E-state index is -0.590. The van der Waals surface area contributed by atoms with Crippen LogP contribution in [0.1, 0.15) is 6.42 Å². The fourth-order valence-corrected chi connectivity index (χ4v) is 2.59. The number of nitrogens with two attached hydrogens (primary N) is 1. The van der Waals surface area contributed by atoms with Gasteiger partial charge < -0.3 is 10.5 Å². The molecular formula is C13H20FNOS. The molecule has 2 nitrogen and oxygen atoms in total. The van der Waals surface area contributed by atoms with Crippen molar-refractivity contribution in [1.29, 1.82) is 0 Å². The van der Waals surface area contributed by atoms with Gasteiger partial charge in [0.25, 0.3) is 0 Å². The monoisotopic (exact) mass is 257 g/mol. The quantitative estimate of drug-likeness (QED) is 0.712. The van der Waals surface area contributed by atoms with Crippen LogP contribution in [0.4, 0.5) is 4.39 Å². The molecule has 0 aromatic rings. The second kappa shape index (κ2) is 7.69. The first-order valence-electron chi connectivity index (χ1n) is 5.68. The summed E-state index contributed by atoms with van der Waals surface area (Å²) in [6, 6.07) is -0.590. The molecule has 0 spiro atoms. The average molecular weight is 257 g/mol. The molecular weight excluding hydrogens is 237 g/mol. The van der Waals surface area contributed by atoms with E-state index in [1.165, 1.54) is 0 Å². The highest BCUT2D eigenvalue weighted by atomic mass is 32.2. The smallest absolute Gasteiger partial charge is 0.107 e. The van der Waals surface area contributed by atoms with E-state index in [-0.39, 0.29) is 6.10 Å². The molecule has 0 aromatic carbocycles. The molecule has 4 heteroatoms.